The number of hydrogen-bond donors (Lipinski definition) is 1. The lowest BCUT2D eigenvalue weighted by Gasteiger charge is -2.10. The number of aromatic nitrogens is 3. The highest BCUT2D eigenvalue weighted by Gasteiger charge is 2.14. The molecule has 136 valence electrons. The Bertz CT molecular complexity index is 1080. The first kappa shape index (κ1) is 17.4. The van der Waals surface area contributed by atoms with Crippen molar-refractivity contribution >= 4 is 33.8 Å². The molecule has 0 atom stereocenters. The van der Waals surface area contributed by atoms with Crippen molar-refractivity contribution in [2.24, 2.45) is 0 Å². The van der Waals surface area contributed by atoms with Gasteiger partial charge in [-0.05, 0) is 16.3 Å². The summed E-state index contributed by atoms with van der Waals surface area (Å²) in [5, 5.41) is 12.1. The van der Waals surface area contributed by atoms with E-state index in [2.05, 4.69) is 39.7 Å². The molecule has 7 heteroatoms. The van der Waals surface area contributed by atoms with E-state index in [0.29, 0.717) is 24.7 Å². The molecule has 0 saturated heterocycles. The molecule has 2 aromatic heterocycles. The molecule has 4 rings (SSSR count). The number of nitrogens with one attached hydrogen (secondary N) is 1. The van der Waals surface area contributed by atoms with E-state index in [4.69, 9.17) is 4.74 Å². The predicted molar refractivity (Wildman–Crippen MR) is 106 cm³/mol. The van der Waals surface area contributed by atoms with Gasteiger partial charge in [0.25, 0.3) is 5.91 Å². The van der Waals surface area contributed by atoms with Crippen LogP contribution in [0.25, 0.3) is 10.8 Å². The molecular weight excluding hydrogens is 360 g/mol. The molecule has 0 unspecified atom stereocenters. The number of amides is 1. The van der Waals surface area contributed by atoms with Crippen molar-refractivity contribution in [1.29, 1.82) is 0 Å². The van der Waals surface area contributed by atoms with Gasteiger partial charge in [0.15, 0.2) is 0 Å². The number of anilines is 1. The number of rotatable bonds is 6. The lowest BCUT2D eigenvalue weighted by atomic mass is 10.0. The zero-order chi connectivity index (χ0) is 18.6. The Balaban J connectivity index is 1.55. The zero-order valence-electron chi connectivity index (χ0n) is 14.8. The van der Waals surface area contributed by atoms with Crippen LogP contribution in [0.3, 0.4) is 0 Å². The molecule has 2 heterocycles. The van der Waals surface area contributed by atoms with Crippen LogP contribution in [0.5, 0.6) is 0 Å². The van der Waals surface area contributed by atoms with Crippen molar-refractivity contribution in [1.82, 2.24) is 14.8 Å². The van der Waals surface area contributed by atoms with Gasteiger partial charge in [0.2, 0.25) is 0 Å². The lowest BCUT2D eigenvalue weighted by Crippen LogP contribution is -2.16. The highest BCUT2D eigenvalue weighted by Crippen LogP contribution is 2.21. The van der Waals surface area contributed by atoms with Gasteiger partial charge in [0, 0.05) is 18.6 Å². The number of carbonyl (C=O) groups is 1. The number of benzene rings is 2. The van der Waals surface area contributed by atoms with Crippen molar-refractivity contribution in [2.75, 3.05) is 12.4 Å². The van der Waals surface area contributed by atoms with Crippen LogP contribution >= 0.6 is 11.3 Å². The Kier molecular flexibility index (Phi) is 4.95. The molecule has 4 aromatic rings. The van der Waals surface area contributed by atoms with Crippen LogP contribution in [0.15, 0.2) is 60.1 Å². The van der Waals surface area contributed by atoms with E-state index in [1.807, 2.05) is 18.2 Å². The second-order valence-electron chi connectivity index (χ2n) is 6.03. The summed E-state index contributed by atoms with van der Waals surface area (Å²) < 4.78 is 6.83. The van der Waals surface area contributed by atoms with Crippen LogP contribution in [-0.2, 0) is 17.9 Å². The number of nitrogens with zero attached hydrogens (tertiary/aromatic N) is 3. The van der Waals surface area contributed by atoms with Crippen LogP contribution in [0.4, 0.5) is 5.82 Å². The summed E-state index contributed by atoms with van der Waals surface area (Å²) in [5.74, 6) is 0.377. The maximum atomic E-state index is 12.5. The van der Waals surface area contributed by atoms with Crippen molar-refractivity contribution in [3.8, 4) is 0 Å². The Morgan fingerprint density at radius 2 is 2.04 bits per heavy atom. The second kappa shape index (κ2) is 7.69. The summed E-state index contributed by atoms with van der Waals surface area (Å²) in [4.78, 5) is 16.8. The van der Waals surface area contributed by atoms with E-state index in [1.54, 1.807) is 29.4 Å². The molecule has 2 aromatic carbocycles. The minimum atomic E-state index is -0.256. The number of ether oxygens (including phenoxy) is 1. The minimum Gasteiger partial charge on any atom is -0.378 e. The van der Waals surface area contributed by atoms with Crippen molar-refractivity contribution in [3.63, 3.8) is 0 Å². The summed E-state index contributed by atoms with van der Waals surface area (Å²) in [5.41, 5.74) is 1.52. The van der Waals surface area contributed by atoms with E-state index in [9.17, 15) is 4.79 Å². The Hall–Kier alpha value is -3.03. The zero-order valence-corrected chi connectivity index (χ0v) is 15.6. The van der Waals surface area contributed by atoms with Crippen molar-refractivity contribution in [3.05, 3.63) is 76.4 Å². The van der Waals surface area contributed by atoms with E-state index in [0.717, 1.165) is 10.6 Å². The smallest absolute Gasteiger partial charge is 0.276 e. The van der Waals surface area contributed by atoms with E-state index in [1.165, 1.54) is 22.1 Å². The molecule has 1 amide bonds. The standard InChI is InChI=1S/C20H18N4O2S/c1-26-12-19-22-17(13-27-19)20(25)23-18-9-10-21-24(18)11-15-7-4-6-14-5-2-3-8-16(14)15/h2-10,13H,11-12H2,1H3,(H,23,25). The van der Waals surface area contributed by atoms with Crippen molar-refractivity contribution < 1.29 is 9.53 Å². The van der Waals surface area contributed by atoms with Gasteiger partial charge in [-0.2, -0.15) is 5.10 Å². The Morgan fingerprint density at radius 3 is 2.93 bits per heavy atom. The van der Waals surface area contributed by atoms with E-state index < -0.39 is 0 Å². The highest BCUT2D eigenvalue weighted by molar-refractivity contribution is 7.09. The topological polar surface area (TPSA) is 69.0 Å². The molecule has 0 aliphatic carbocycles. The van der Waals surface area contributed by atoms with Gasteiger partial charge < -0.3 is 10.1 Å². The highest BCUT2D eigenvalue weighted by atomic mass is 32.1. The Labute approximate surface area is 160 Å². The molecule has 6 nitrogen and oxygen atoms in total. The minimum absolute atomic E-state index is 0.256. The maximum absolute atomic E-state index is 12.5. The number of carbonyl (C=O) groups excluding carboxylic acids is 1. The van der Waals surface area contributed by atoms with E-state index in [-0.39, 0.29) is 5.91 Å². The fourth-order valence-electron chi connectivity index (χ4n) is 2.94. The number of hydrogen-bond acceptors (Lipinski definition) is 5. The third-order valence-electron chi connectivity index (χ3n) is 4.21. The van der Waals surface area contributed by atoms with Crippen LogP contribution in [0.2, 0.25) is 0 Å². The van der Waals surface area contributed by atoms with Gasteiger partial charge >= 0.3 is 0 Å². The SMILES string of the molecule is COCc1nc(C(=O)Nc2ccnn2Cc2cccc3ccccc23)cs1. The van der Waals surface area contributed by atoms with Crippen LogP contribution in [0, 0.1) is 0 Å². The first-order chi connectivity index (χ1) is 13.2. The molecular formula is C20H18N4O2S. The second-order valence-corrected chi connectivity index (χ2v) is 6.97. The third kappa shape index (κ3) is 3.74. The van der Waals surface area contributed by atoms with Crippen LogP contribution in [-0.4, -0.2) is 27.8 Å². The lowest BCUT2D eigenvalue weighted by molar-refractivity contribution is 0.102. The number of methoxy groups -OCH3 is 1. The Morgan fingerprint density at radius 1 is 1.19 bits per heavy atom. The number of thiazole rings is 1. The summed E-state index contributed by atoms with van der Waals surface area (Å²) in [7, 11) is 1.60. The van der Waals surface area contributed by atoms with Crippen LogP contribution in [0.1, 0.15) is 21.1 Å². The summed E-state index contributed by atoms with van der Waals surface area (Å²) in [6.07, 6.45) is 1.68. The molecule has 0 fully saturated rings. The molecule has 0 saturated carbocycles. The molecule has 0 aliphatic rings. The van der Waals surface area contributed by atoms with Gasteiger partial charge in [-0.1, -0.05) is 42.5 Å². The van der Waals surface area contributed by atoms with Crippen molar-refractivity contribution in [2.45, 2.75) is 13.2 Å². The first-order valence-electron chi connectivity index (χ1n) is 8.48. The summed E-state index contributed by atoms with van der Waals surface area (Å²) >= 11 is 1.40. The average Bonchev–Trinajstić information content (AvgIpc) is 3.32. The van der Waals surface area contributed by atoms with Gasteiger partial charge in [-0.3, -0.25) is 4.79 Å². The molecule has 0 spiro atoms. The summed E-state index contributed by atoms with van der Waals surface area (Å²) in [6, 6.07) is 16.2. The van der Waals surface area contributed by atoms with Gasteiger partial charge in [0.05, 0.1) is 19.3 Å². The largest absolute Gasteiger partial charge is 0.378 e. The molecule has 1 N–H and O–H groups in total. The first-order valence-corrected chi connectivity index (χ1v) is 9.35. The molecule has 0 radical (unpaired) electrons. The molecule has 0 aliphatic heterocycles. The third-order valence-corrected chi connectivity index (χ3v) is 5.03. The molecule has 0 bridgehead atoms. The average molecular weight is 378 g/mol. The normalized spacial score (nSPS) is 11.0. The summed E-state index contributed by atoms with van der Waals surface area (Å²) in [6.45, 7) is 0.965. The fourth-order valence-corrected chi connectivity index (χ4v) is 3.69. The van der Waals surface area contributed by atoms with Gasteiger partial charge in [-0.25, -0.2) is 9.67 Å². The quantitative estimate of drug-likeness (QED) is 0.552. The van der Waals surface area contributed by atoms with E-state index >= 15 is 0 Å². The molecule has 27 heavy (non-hydrogen) atoms. The predicted octanol–water partition coefficient (Wildman–Crippen LogP) is 3.94. The maximum Gasteiger partial charge on any atom is 0.276 e. The van der Waals surface area contributed by atoms with Gasteiger partial charge in [-0.15, -0.1) is 11.3 Å². The monoisotopic (exact) mass is 378 g/mol. The number of fused-ring (bicyclic) bond motifs is 1. The fraction of sp³-hybridized carbons (Fsp3) is 0.150. The van der Waals surface area contributed by atoms with Gasteiger partial charge in [0.1, 0.15) is 16.5 Å². The van der Waals surface area contributed by atoms with Crippen LogP contribution < -0.4 is 5.32 Å².